The minimum absolute atomic E-state index is 0.145. The molecule has 1 unspecified atom stereocenters. The van der Waals surface area contributed by atoms with Crippen LogP contribution in [0.3, 0.4) is 0 Å². The molecular formula is C11H13N3S. The number of thiophene rings is 1. The van der Waals surface area contributed by atoms with Crippen molar-refractivity contribution in [3.8, 4) is 0 Å². The van der Waals surface area contributed by atoms with E-state index in [2.05, 4.69) is 28.3 Å². The van der Waals surface area contributed by atoms with Gasteiger partial charge in [-0.3, -0.25) is 9.97 Å². The molecule has 0 spiro atoms. The Kier molecular flexibility index (Phi) is 3.08. The lowest BCUT2D eigenvalue weighted by atomic mass is 10.1. The Labute approximate surface area is 93.0 Å². The summed E-state index contributed by atoms with van der Waals surface area (Å²) in [7, 11) is 0. The van der Waals surface area contributed by atoms with E-state index < -0.39 is 0 Å². The molecule has 0 saturated heterocycles. The molecule has 2 heterocycles. The van der Waals surface area contributed by atoms with Crippen molar-refractivity contribution in [3.05, 3.63) is 46.2 Å². The van der Waals surface area contributed by atoms with Crippen LogP contribution in [0.4, 0.5) is 0 Å². The van der Waals surface area contributed by atoms with E-state index in [4.69, 9.17) is 5.73 Å². The lowest BCUT2D eigenvalue weighted by Crippen LogP contribution is -2.13. The molecular weight excluding hydrogens is 206 g/mol. The second-order valence-electron chi connectivity index (χ2n) is 3.27. The van der Waals surface area contributed by atoms with Crippen LogP contribution in [-0.4, -0.2) is 9.97 Å². The van der Waals surface area contributed by atoms with Crippen LogP contribution in [0.5, 0.6) is 0 Å². The highest BCUT2D eigenvalue weighted by atomic mass is 32.1. The van der Waals surface area contributed by atoms with Crippen molar-refractivity contribution in [2.45, 2.75) is 19.4 Å². The van der Waals surface area contributed by atoms with Gasteiger partial charge in [0, 0.05) is 17.3 Å². The van der Waals surface area contributed by atoms with Gasteiger partial charge in [0.05, 0.1) is 17.9 Å². The number of nitrogens with two attached hydrogens (primary N) is 1. The maximum absolute atomic E-state index is 6.15. The first-order valence-corrected chi connectivity index (χ1v) is 5.78. The Morgan fingerprint density at radius 2 is 2.33 bits per heavy atom. The molecule has 0 aliphatic rings. The van der Waals surface area contributed by atoms with E-state index in [1.165, 1.54) is 10.4 Å². The van der Waals surface area contributed by atoms with E-state index in [1.807, 2.05) is 0 Å². The van der Waals surface area contributed by atoms with Gasteiger partial charge in [-0.1, -0.05) is 6.92 Å². The predicted molar refractivity (Wildman–Crippen MR) is 61.8 cm³/mol. The first-order valence-electron chi connectivity index (χ1n) is 4.90. The fourth-order valence-electron chi connectivity index (χ4n) is 1.52. The first-order chi connectivity index (χ1) is 7.33. The molecule has 3 nitrogen and oxygen atoms in total. The zero-order valence-corrected chi connectivity index (χ0v) is 9.37. The summed E-state index contributed by atoms with van der Waals surface area (Å²) >= 11 is 1.68. The molecule has 2 rings (SSSR count). The number of aryl methyl sites for hydroxylation is 1. The molecule has 0 aliphatic heterocycles. The molecule has 0 radical (unpaired) electrons. The molecule has 0 saturated carbocycles. The molecule has 4 heteroatoms. The third kappa shape index (κ3) is 2.06. The quantitative estimate of drug-likeness (QED) is 0.860. The average molecular weight is 219 g/mol. The van der Waals surface area contributed by atoms with Crippen LogP contribution < -0.4 is 5.73 Å². The Morgan fingerprint density at radius 3 is 3.00 bits per heavy atom. The smallest absolute Gasteiger partial charge is 0.0838 e. The van der Waals surface area contributed by atoms with Crippen LogP contribution >= 0.6 is 11.3 Å². The van der Waals surface area contributed by atoms with Gasteiger partial charge in [-0.15, -0.1) is 11.3 Å². The van der Waals surface area contributed by atoms with Crippen LogP contribution in [0.2, 0.25) is 0 Å². The van der Waals surface area contributed by atoms with Gasteiger partial charge in [-0.2, -0.15) is 0 Å². The largest absolute Gasteiger partial charge is 0.318 e. The number of nitrogens with zero attached hydrogens (tertiary/aromatic N) is 2. The van der Waals surface area contributed by atoms with Crippen LogP contribution in [0.1, 0.15) is 29.1 Å². The summed E-state index contributed by atoms with van der Waals surface area (Å²) in [6.45, 7) is 2.13. The van der Waals surface area contributed by atoms with Gasteiger partial charge in [0.1, 0.15) is 0 Å². The minimum Gasteiger partial charge on any atom is -0.318 e. The normalized spacial score (nSPS) is 12.7. The maximum Gasteiger partial charge on any atom is 0.0838 e. The molecule has 2 aromatic heterocycles. The van der Waals surface area contributed by atoms with Gasteiger partial charge in [0.15, 0.2) is 0 Å². The Balaban J connectivity index is 2.32. The summed E-state index contributed by atoms with van der Waals surface area (Å²) in [5.41, 5.74) is 8.28. The fourth-order valence-corrected chi connectivity index (χ4v) is 2.53. The second kappa shape index (κ2) is 4.51. The molecule has 0 fully saturated rings. The van der Waals surface area contributed by atoms with E-state index in [9.17, 15) is 0 Å². The van der Waals surface area contributed by atoms with Crippen molar-refractivity contribution in [1.29, 1.82) is 0 Å². The molecule has 78 valence electrons. The summed E-state index contributed by atoms with van der Waals surface area (Å²) in [5, 5.41) is 2.07. The Morgan fingerprint density at radius 1 is 1.47 bits per heavy atom. The van der Waals surface area contributed by atoms with Crippen molar-refractivity contribution in [2.75, 3.05) is 0 Å². The molecule has 1 atom stereocenters. The number of aromatic nitrogens is 2. The van der Waals surface area contributed by atoms with Crippen LogP contribution in [-0.2, 0) is 6.42 Å². The van der Waals surface area contributed by atoms with Gasteiger partial charge >= 0.3 is 0 Å². The molecule has 2 N–H and O–H groups in total. The average Bonchev–Trinajstić information content (AvgIpc) is 2.77. The molecule has 0 aromatic carbocycles. The van der Waals surface area contributed by atoms with Crippen molar-refractivity contribution < 1.29 is 0 Å². The summed E-state index contributed by atoms with van der Waals surface area (Å²) in [6.07, 6.45) is 6.07. The van der Waals surface area contributed by atoms with E-state index in [1.54, 1.807) is 29.9 Å². The lowest BCUT2D eigenvalue weighted by Gasteiger charge is -2.10. The van der Waals surface area contributed by atoms with Gasteiger partial charge < -0.3 is 5.73 Å². The van der Waals surface area contributed by atoms with Gasteiger partial charge in [0.25, 0.3) is 0 Å². The highest BCUT2D eigenvalue weighted by molar-refractivity contribution is 7.10. The Bertz CT molecular complexity index is 424. The van der Waals surface area contributed by atoms with E-state index in [0.29, 0.717) is 0 Å². The highest BCUT2D eigenvalue weighted by Gasteiger charge is 2.14. The minimum atomic E-state index is -0.145. The maximum atomic E-state index is 6.15. The van der Waals surface area contributed by atoms with Crippen LogP contribution in [0.25, 0.3) is 0 Å². The zero-order valence-electron chi connectivity index (χ0n) is 8.55. The summed E-state index contributed by atoms with van der Waals surface area (Å²) in [6, 6.07) is 1.98. The van der Waals surface area contributed by atoms with Crippen LogP contribution in [0, 0.1) is 0 Å². The molecule has 0 amide bonds. The van der Waals surface area contributed by atoms with Gasteiger partial charge in [-0.05, 0) is 23.4 Å². The van der Waals surface area contributed by atoms with E-state index >= 15 is 0 Å². The molecule has 2 aromatic rings. The Hall–Kier alpha value is -1.26. The molecule has 15 heavy (non-hydrogen) atoms. The van der Waals surface area contributed by atoms with Gasteiger partial charge in [0.2, 0.25) is 0 Å². The number of rotatable bonds is 3. The third-order valence-corrected chi connectivity index (χ3v) is 3.39. The van der Waals surface area contributed by atoms with E-state index in [-0.39, 0.29) is 6.04 Å². The van der Waals surface area contributed by atoms with Crippen molar-refractivity contribution in [2.24, 2.45) is 5.73 Å². The topological polar surface area (TPSA) is 51.8 Å². The van der Waals surface area contributed by atoms with E-state index in [0.717, 1.165) is 12.1 Å². The second-order valence-corrected chi connectivity index (χ2v) is 4.22. The standard InChI is InChI=1S/C11H13N3S/c1-2-8-3-6-15-11(8)10(12)9-7-13-4-5-14-9/h3-7,10H,2,12H2,1H3. The zero-order chi connectivity index (χ0) is 10.7. The monoisotopic (exact) mass is 219 g/mol. The fraction of sp³-hybridized carbons (Fsp3) is 0.273. The van der Waals surface area contributed by atoms with Crippen LogP contribution in [0.15, 0.2) is 30.0 Å². The van der Waals surface area contributed by atoms with Crippen molar-refractivity contribution in [1.82, 2.24) is 9.97 Å². The summed E-state index contributed by atoms with van der Waals surface area (Å²) in [5.74, 6) is 0. The highest BCUT2D eigenvalue weighted by Crippen LogP contribution is 2.26. The summed E-state index contributed by atoms with van der Waals surface area (Å²) in [4.78, 5) is 9.46. The molecule has 0 aliphatic carbocycles. The molecule has 0 bridgehead atoms. The number of hydrogen-bond acceptors (Lipinski definition) is 4. The summed E-state index contributed by atoms with van der Waals surface area (Å²) < 4.78 is 0. The lowest BCUT2D eigenvalue weighted by molar-refractivity contribution is 0.822. The first kappa shape index (κ1) is 10.3. The van der Waals surface area contributed by atoms with Crippen molar-refractivity contribution in [3.63, 3.8) is 0 Å². The third-order valence-electron chi connectivity index (χ3n) is 2.35. The van der Waals surface area contributed by atoms with Gasteiger partial charge in [-0.25, -0.2) is 0 Å². The number of hydrogen-bond donors (Lipinski definition) is 1. The SMILES string of the molecule is CCc1ccsc1C(N)c1cnccn1. The predicted octanol–water partition coefficient (Wildman–Crippen LogP) is 2.15. The van der Waals surface area contributed by atoms with Crippen molar-refractivity contribution >= 4 is 11.3 Å².